The molecule has 1 aliphatic rings. The minimum Gasteiger partial charge on any atom is -0.458 e. The number of ether oxygens (including phenoxy) is 2. The maximum Gasteiger partial charge on any atom is 0.348 e. The van der Waals surface area contributed by atoms with Crippen LogP contribution in [0.15, 0.2) is 48.5 Å². The molecule has 0 N–H and O–H groups in total. The summed E-state index contributed by atoms with van der Waals surface area (Å²) in [4.78, 5) is 23.9. The number of carbonyl (C=O) groups is 2. The highest BCUT2D eigenvalue weighted by atomic mass is 35.5. The minimum absolute atomic E-state index is 0.117. The Morgan fingerprint density at radius 2 is 1.91 bits per heavy atom. The summed E-state index contributed by atoms with van der Waals surface area (Å²) >= 11 is 5.79. The van der Waals surface area contributed by atoms with Gasteiger partial charge in [0.1, 0.15) is 6.61 Å². The monoisotopic (exact) mass is 316 g/mol. The van der Waals surface area contributed by atoms with Gasteiger partial charge in [0.2, 0.25) is 6.10 Å². The van der Waals surface area contributed by atoms with Crippen LogP contribution in [0.25, 0.3) is 0 Å². The van der Waals surface area contributed by atoms with Crippen LogP contribution in [0.2, 0.25) is 5.02 Å². The van der Waals surface area contributed by atoms with Crippen molar-refractivity contribution >= 4 is 23.5 Å². The van der Waals surface area contributed by atoms with E-state index >= 15 is 0 Å². The second kappa shape index (κ2) is 6.20. The van der Waals surface area contributed by atoms with Gasteiger partial charge in [0.15, 0.2) is 0 Å². The van der Waals surface area contributed by atoms with Crippen molar-refractivity contribution in [3.05, 3.63) is 70.2 Å². The van der Waals surface area contributed by atoms with Gasteiger partial charge in [-0.15, -0.1) is 0 Å². The van der Waals surface area contributed by atoms with Crippen molar-refractivity contribution in [1.82, 2.24) is 0 Å². The molecule has 4 nitrogen and oxygen atoms in total. The summed E-state index contributed by atoms with van der Waals surface area (Å²) < 4.78 is 10.4. The Kier molecular flexibility index (Phi) is 4.11. The summed E-state index contributed by atoms with van der Waals surface area (Å²) in [5.41, 5.74) is 2.12. The third-order valence-electron chi connectivity index (χ3n) is 3.45. The maximum atomic E-state index is 12.1. The van der Waals surface area contributed by atoms with Crippen LogP contribution in [0.5, 0.6) is 0 Å². The molecule has 112 valence electrons. The average molecular weight is 317 g/mol. The molecule has 1 aliphatic heterocycles. The summed E-state index contributed by atoms with van der Waals surface area (Å²) in [7, 11) is 0. The van der Waals surface area contributed by atoms with Gasteiger partial charge in [0, 0.05) is 11.4 Å². The number of benzene rings is 2. The van der Waals surface area contributed by atoms with Gasteiger partial charge in [0.25, 0.3) is 0 Å². The first-order chi connectivity index (χ1) is 10.6. The Balaban J connectivity index is 1.64. The lowest BCUT2D eigenvalue weighted by Gasteiger charge is -2.23. The van der Waals surface area contributed by atoms with E-state index in [0.717, 1.165) is 11.1 Å². The van der Waals surface area contributed by atoms with E-state index < -0.39 is 18.0 Å². The van der Waals surface area contributed by atoms with Gasteiger partial charge < -0.3 is 9.47 Å². The Bertz CT molecular complexity index is 709. The van der Waals surface area contributed by atoms with E-state index in [0.29, 0.717) is 17.0 Å². The molecule has 0 saturated carbocycles. The van der Waals surface area contributed by atoms with Crippen LogP contribution >= 0.6 is 11.6 Å². The Hall–Kier alpha value is -2.33. The quantitative estimate of drug-likeness (QED) is 0.816. The number of halogens is 1. The SMILES string of the molecule is O=C1OC(C(=O)OCc2ccc(Cl)cc2)Cc2ccccc21. The van der Waals surface area contributed by atoms with Crippen LogP contribution in [0.3, 0.4) is 0 Å². The number of fused-ring (bicyclic) bond motifs is 1. The molecule has 0 bridgehead atoms. The molecule has 0 aromatic heterocycles. The van der Waals surface area contributed by atoms with E-state index in [2.05, 4.69) is 0 Å². The van der Waals surface area contributed by atoms with Crippen LogP contribution < -0.4 is 0 Å². The summed E-state index contributed by atoms with van der Waals surface area (Å²) in [6, 6.07) is 14.1. The summed E-state index contributed by atoms with van der Waals surface area (Å²) in [6.45, 7) is 0.117. The van der Waals surface area contributed by atoms with Crippen molar-refractivity contribution in [3.63, 3.8) is 0 Å². The third-order valence-corrected chi connectivity index (χ3v) is 3.70. The zero-order valence-electron chi connectivity index (χ0n) is 11.6. The van der Waals surface area contributed by atoms with E-state index in [4.69, 9.17) is 21.1 Å². The largest absolute Gasteiger partial charge is 0.458 e. The topological polar surface area (TPSA) is 52.6 Å². The molecule has 2 aromatic rings. The molecule has 5 heteroatoms. The van der Waals surface area contributed by atoms with Gasteiger partial charge in [-0.2, -0.15) is 0 Å². The molecule has 0 radical (unpaired) electrons. The minimum atomic E-state index is -0.894. The third kappa shape index (κ3) is 3.12. The highest BCUT2D eigenvalue weighted by molar-refractivity contribution is 6.30. The van der Waals surface area contributed by atoms with Crippen LogP contribution in [-0.2, 0) is 27.3 Å². The lowest BCUT2D eigenvalue weighted by molar-refractivity contribution is -0.155. The molecule has 1 heterocycles. The first kappa shape index (κ1) is 14.6. The molecule has 0 spiro atoms. The number of carbonyl (C=O) groups excluding carboxylic acids is 2. The predicted octanol–water partition coefficient (Wildman–Crippen LogP) is 3.16. The van der Waals surface area contributed by atoms with Gasteiger partial charge in [-0.05, 0) is 29.3 Å². The van der Waals surface area contributed by atoms with Crippen LogP contribution in [0, 0.1) is 0 Å². The van der Waals surface area contributed by atoms with Crippen molar-refractivity contribution in [2.75, 3.05) is 0 Å². The molecule has 0 fully saturated rings. The van der Waals surface area contributed by atoms with E-state index in [1.54, 1.807) is 36.4 Å². The normalized spacial score (nSPS) is 16.6. The molecule has 0 amide bonds. The number of hydrogen-bond donors (Lipinski definition) is 0. The van der Waals surface area contributed by atoms with Crippen molar-refractivity contribution < 1.29 is 19.1 Å². The highest BCUT2D eigenvalue weighted by Crippen LogP contribution is 2.21. The fourth-order valence-electron chi connectivity index (χ4n) is 2.29. The fraction of sp³-hybridized carbons (Fsp3) is 0.176. The van der Waals surface area contributed by atoms with Crippen LogP contribution in [0.1, 0.15) is 21.5 Å². The fourth-order valence-corrected chi connectivity index (χ4v) is 2.42. The lowest BCUT2D eigenvalue weighted by atomic mass is 9.99. The Morgan fingerprint density at radius 3 is 2.68 bits per heavy atom. The first-order valence-corrected chi connectivity index (χ1v) is 7.21. The molecule has 22 heavy (non-hydrogen) atoms. The number of rotatable bonds is 3. The molecule has 0 saturated heterocycles. The zero-order valence-corrected chi connectivity index (χ0v) is 12.4. The van der Waals surface area contributed by atoms with Gasteiger partial charge in [-0.25, -0.2) is 9.59 Å². The smallest absolute Gasteiger partial charge is 0.348 e. The van der Waals surface area contributed by atoms with E-state index in [9.17, 15) is 9.59 Å². The Labute approximate surface area is 132 Å². The van der Waals surface area contributed by atoms with E-state index in [1.165, 1.54) is 0 Å². The van der Waals surface area contributed by atoms with Crippen LogP contribution in [0.4, 0.5) is 0 Å². The summed E-state index contributed by atoms with van der Waals surface area (Å²) in [5.74, 6) is -1.03. The lowest BCUT2D eigenvalue weighted by Crippen LogP contribution is -2.35. The second-order valence-electron chi connectivity index (χ2n) is 4.99. The number of cyclic esters (lactones) is 1. The number of hydrogen-bond acceptors (Lipinski definition) is 4. The van der Waals surface area contributed by atoms with Gasteiger partial charge >= 0.3 is 11.9 Å². The maximum absolute atomic E-state index is 12.1. The van der Waals surface area contributed by atoms with Gasteiger partial charge in [-0.1, -0.05) is 41.9 Å². The molecule has 1 unspecified atom stereocenters. The van der Waals surface area contributed by atoms with Crippen molar-refractivity contribution in [3.8, 4) is 0 Å². The molecule has 0 aliphatic carbocycles. The van der Waals surface area contributed by atoms with Gasteiger partial charge in [-0.3, -0.25) is 0 Å². The number of esters is 2. The first-order valence-electron chi connectivity index (χ1n) is 6.83. The molecule has 2 aromatic carbocycles. The Morgan fingerprint density at radius 1 is 1.18 bits per heavy atom. The van der Waals surface area contributed by atoms with Gasteiger partial charge in [0.05, 0.1) is 5.56 Å². The standard InChI is InChI=1S/C17H13ClO4/c18-13-7-5-11(6-8-13)10-21-17(20)15-9-12-3-1-2-4-14(12)16(19)22-15/h1-8,15H,9-10H2. The molecular weight excluding hydrogens is 304 g/mol. The predicted molar refractivity (Wildman–Crippen MR) is 80.6 cm³/mol. The van der Waals surface area contributed by atoms with Crippen LogP contribution in [-0.4, -0.2) is 18.0 Å². The summed E-state index contributed by atoms with van der Waals surface area (Å²) in [6.07, 6.45) is -0.559. The van der Waals surface area contributed by atoms with Crippen molar-refractivity contribution in [2.45, 2.75) is 19.1 Å². The summed E-state index contributed by atoms with van der Waals surface area (Å²) in [5, 5.41) is 0.618. The molecular formula is C17H13ClO4. The highest BCUT2D eigenvalue weighted by Gasteiger charge is 2.32. The molecule has 1 atom stereocenters. The van der Waals surface area contributed by atoms with E-state index in [-0.39, 0.29) is 6.61 Å². The second-order valence-corrected chi connectivity index (χ2v) is 5.43. The van der Waals surface area contributed by atoms with E-state index in [1.807, 2.05) is 12.1 Å². The molecule has 3 rings (SSSR count). The zero-order chi connectivity index (χ0) is 15.5. The van der Waals surface area contributed by atoms with Crippen molar-refractivity contribution in [2.24, 2.45) is 0 Å². The average Bonchev–Trinajstić information content (AvgIpc) is 2.54. The van der Waals surface area contributed by atoms with Crippen molar-refractivity contribution in [1.29, 1.82) is 0 Å².